The third-order valence-electron chi connectivity index (χ3n) is 3.17. The summed E-state index contributed by atoms with van der Waals surface area (Å²) in [6, 6.07) is 5.54. The number of aryl methyl sites for hydroxylation is 2. The number of carbonyl (C=O) groups excluding carboxylic acids is 1. The quantitative estimate of drug-likeness (QED) is 0.748. The Morgan fingerprint density at radius 2 is 2.10 bits per heavy atom. The number of aliphatic hydroxyl groups excluding tert-OH is 1. The number of hydrogen-bond donors (Lipinski definition) is 3. The Kier molecular flexibility index (Phi) is 5.98. The molecule has 1 unspecified atom stereocenters. The monoisotopic (exact) mass is 280 g/mol. The fourth-order valence-electron chi connectivity index (χ4n) is 2.12. The van der Waals surface area contributed by atoms with E-state index < -0.39 is 5.54 Å². The Labute approximate surface area is 120 Å². The summed E-state index contributed by atoms with van der Waals surface area (Å²) >= 11 is 0. The van der Waals surface area contributed by atoms with Gasteiger partial charge < -0.3 is 20.5 Å². The van der Waals surface area contributed by atoms with Crippen LogP contribution in [0.15, 0.2) is 18.2 Å². The smallest absolute Gasteiger partial charge is 0.319 e. The third kappa shape index (κ3) is 4.83. The van der Waals surface area contributed by atoms with Crippen LogP contribution >= 0.6 is 0 Å². The zero-order valence-corrected chi connectivity index (χ0v) is 12.6. The van der Waals surface area contributed by atoms with E-state index in [1.165, 1.54) is 0 Å². The lowest BCUT2D eigenvalue weighted by Gasteiger charge is -2.29. The van der Waals surface area contributed by atoms with Crippen LogP contribution in [0.1, 0.15) is 24.5 Å². The first-order valence-corrected chi connectivity index (χ1v) is 6.66. The van der Waals surface area contributed by atoms with Crippen molar-refractivity contribution in [2.24, 2.45) is 0 Å². The average Bonchev–Trinajstić information content (AvgIpc) is 2.33. The van der Waals surface area contributed by atoms with Gasteiger partial charge in [-0.15, -0.1) is 0 Å². The molecule has 5 nitrogen and oxygen atoms in total. The topological polar surface area (TPSA) is 70.6 Å². The summed E-state index contributed by atoms with van der Waals surface area (Å²) in [6.45, 7) is 6.13. The SMILES string of the molecule is COCC(C)(CCO)NC(=O)Nc1ccc(C)cc1C. The minimum absolute atomic E-state index is 0.0102. The van der Waals surface area contributed by atoms with Gasteiger partial charge in [-0.05, 0) is 38.8 Å². The third-order valence-corrected chi connectivity index (χ3v) is 3.17. The highest BCUT2D eigenvalue weighted by Gasteiger charge is 2.26. The van der Waals surface area contributed by atoms with Crippen LogP contribution in [0.5, 0.6) is 0 Å². The second-order valence-electron chi connectivity index (χ2n) is 5.36. The van der Waals surface area contributed by atoms with Crippen LogP contribution in [-0.2, 0) is 4.74 Å². The Bertz CT molecular complexity index is 454. The van der Waals surface area contributed by atoms with E-state index in [-0.39, 0.29) is 12.6 Å². The fraction of sp³-hybridized carbons (Fsp3) is 0.533. The molecule has 0 spiro atoms. The molecule has 0 aliphatic rings. The highest BCUT2D eigenvalue weighted by Crippen LogP contribution is 2.16. The number of benzene rings is 1. The van der Waals surface area contributed by atoms with Crippen LogP contribution in [0, 0.1) is 13.8 Å². The molecule has 20 heavy (non-hydrogen) atoms. The first kappa shape index (κ1) is 16.5. The molecule has 1 rings (SSSR count). The minimum Gasteiger partial charge on any atom is -0.396 e. The van der Waals surface area contributed by atoms with Crippen molar-refractivity contribution in [1.29, 1.82) is 0 Å². The maximum Gasteiger partial charge on any atom is 0.319 e. The largest absolute Gasteiger partial charge is 0.396 e. The minimum atomic E-state index is -0.591. The van der Waals surface area contributed by atoms with E-state index in [0.29, 0.717) is 13.0 Å². The fourth-order valence-corrected chi connectivity index (χ4v) is 2.12. The zero-order chi connectivity index (χ0) is 15.2. The van der Waals surface area contributed by atoms with Gasteiger partial charge in [-0.3, -0.25) is 0 Å². The van der Waals surface area contributed by atoms with E-state index in [4.69, 9.17) is 9.84 Å². The number of methoxy groups -OCH3 is 1. The van der Waals surface area contributed by atoms with Crippen LogP contribution in [0.25, 0.3) is 0 Å². The summed E-state index contributed by atoms with van der Waals surface area (Å²) in [4.78, 5) is 12.1. The molecule has 2 amide bonds. The van der Waals surface area contributed by atoms with Gasteiger partial charge in [0.05, 0.1) is 12.1 Å². The van der Waals surface area contributed by atoms with Crippen molar-refractivity contribution in [3.8, 4) is 0 Å². The van der Waals surface area contributed by atoms with Gasteiger partial charge in [0.2, 0.25) is 0 Å². The van der Waals surface area contributed by atoms with E-state index in [1.807, 2.05) is 39.0 Å². The van der Waals surface area contributed by atoms with Crippen molar-refractivity contribution in [3.05, 3.63) is 29.3 Å². The molecule has 3 N–H and O–H groups in total. The molecule has 1 aromatic rings. The Hall–Kier alpha value is -1.59. The van der Waals surface area contributed by atoms with Crippen molar-refractivity contribution in [1.82, 2.24) is 5.32 Å². The van der Waals surface area contributed by atoms with Crippen LogP contribution in [0.2, 0.25) is 0 Å². The first-order valence-electron chi connectivity index (χ1n) is 6.66. The molecule has 0 aliphatic carbocycles. The normalized spacial score (nSPS) is 13.7. The number of nitrogens with one attached hydrogen (secondary N) is 2. The second kappa shape index (κ2) is 7.26. The average molecular weight is 280 g/mol. The molecule has 0 aliphatic heterocycles. The molecular weight excluding hydrogens is 256 g/mol. The van der Waals surface area contributed by atoms with Gasteiger partial charge in [-0.25, -0.2) is 4.79 Å². The van der Waals surface area contributed by atoms with E-state index in [9.17, 15) is 4.79 Å². The molecule has 0 heterocycles. The zero-order valence-electron chi connectivity index (χ0n) is 12.6. The van der Waals surface area contributed by atoms with E-state index in [1.54, 1.807) is 7.11 Å². The lowest BCUT2D eigenvalue weighted by molar-refractivity contribution is 0.104. The number of urea groups is 1. The lowest BCUT2D eigenvalue weighted by atomic mass is 10.00. The molecule has 0 bridgehead atoms. The van der Waals surface area contributed by atoms with Gasteiger partial charge >= 0.3 is 6.03 Å². The Balaban J connectivity index is 2.70. The number of carbonyl (C=O) groups is 1. The number of rotatable bonds is 6. The van der Waals surface area contributed by atoms with Gasteiger partial charge in [0, 0.05) is 19.4 Å². The molecule has 112 valence electrons. The summed E-state index contributed by atoms with van der Waals surface area (Å²) < 4.78 is 5.10. The van der Waals surface area contributed by atoms with Crippen LogP contribution in [0.4, 0.5) is 10.5 Å². The van der Waals surface area contributed by atoms with E-state index in [0.717, 1.165) is 16.8 Å². The van der Waals surface area contributed by atoms with Crippen molar-refractivity contribution >= 4 is 11.7 Å². The van der Waals surface area contributed by atoms with Crippen LogP contribution in [-0.4, -0.2) is 37.0 Å². The van der Waals surface area contributed by atoms with Gasteiger partial charge in [-0.1, -0.05) is 17.7 Å². The van der Waals surface area contributed by atoms with Gasteiger partial charge in [0.25, 0.3) is 0 Å². The molecule has 0 saturated carbocycles. The van der Waals surface area contributed by atoms with Gasteiger partial charge in [0.15, 0.2) is 0 Å². The number of aliphatic hydroxyl groups is 1. The van der Waals surface area contributed by atoms with Crippen molar-refractivity contribution in [3.63, 3.8) is 0 Å². The lowest BCUT2D eigenvalue weighted by Crippen LogP contribution is -2.51. The Morgan fingerprint density at radius 1 is 1.40 bits per heavy atom. The van der Waals surface area contributed by atoms with Gasteiger partial charge in [-0.2, -0.15) is 0 Å². The maximum atomic E-state index is 12.1. The number of hydrogen-bond acceptors (Lipinski definition) is 3. The van der Waals surface area contributed by atoms with Crippen molar-refractivity contribution < 1.29 is 14.6 Å². The predicted octanol–water partition coefficient (Wildman–Crippen LogP) is 2.21. The maximum absolute atomic E-state index is 12.1. The van der Waals surface area contributed by atoms with E-state index >= 15 is 0 Å². The molecule has 1 atom stereocenters. The predicted molar refractivity (Wildman–Crippen MR) is 80.1 cm³/mol. The molecular formula is C15H24N2O3. The summed E-state index contributed by atoms with van der Waals surface area (Å²) in [5.41, 5.74) is 2.34. The van der Waals surface area contributed by atoms with Crippen LogP contribution in [0.3, 0.4) is 0 Å². The molecule has 0 saturated heterocycles. The van der Waals surface area contributed by atoms with Crippen molar-refractivity contribution in [2.75, 3.05) is 25.6 Å². The number of ether oxygens (including phenoxy) is 1. The molecule has 0 aromatic heterocycles. The summed E-state index contributed by atoms with van der Waals surface area (Å²) in [5, 5.41) is 14.8. The summed E-state index contributed by atoms with van der Waals surface area (Å²) in [6.07, 6.45) is 0.432. The van der Waals surface area contributed by atoms with E-state index in [2.05, 4.69) is 10.6 Å². The van der Waals surface area contributed by atoms with Crippen LogP contribution < -0.4 is 10.6 Å². The van der Waals surface area contributed by atoms with Gasteiger partial charge in [0.1, 0.15) is 0 Å². The highest BCUT2D eigenvalue weighted by atomic mass is 16.5. The molecule has 0 fully saturated rings. The summed E-state index contributed by atoms with van der Waals surface area (Å²) in [7, 11) is 1.57. The second-order valence-corrected chi connectivity index (χ2v) is 5.36. The molecule has 5 heteroatoms. The first-order chi connectivity index (χ1) is 9.40. The Morgan fingerprint density at radius 3 is 2.65 bits per heavy atom. The number of anilines is 1. The number of amides is 2. The molecule has 0 radical (unpaired) electrons. The van der Waals surface area contributed by atoms with Crippen molar-refractivity contribution in [2.45, 2.75) is 32.7 Å². The highest BCUT2D eigenvalue weighted by molar-refractivity contribution is 5.90. The molecule has 1 aromatic carbocycles. The summed E-state index contributed by atoms with van der Waals surface area (Å²) in [5.74, 6) is 0. The standard InChI is InChI=1S/C15H24N2O3/c1-11-5-6-13(12(2)9-11)16-14(19)17-15(3,7-8-18)10-20-4/h5-6,9,18H,7-8,10H2,1-4H3,(H2,16,17,19).